The highest BCUT2D eigenvalue weighted by atomic mass is 35.5. The van der Waals surface area contributed by atoms with Gasteiger partial charge < -0.3 is 14.7 Å². The Balaban J connectivity index is 1.69. The van der Waals surface area contributed by atoms with Crippen molar-refractivity contribution in [2.75, 3.05) is 11.4 Å². The average Bonchev–Trinajstić information content (AvgIpc) is 3.25. The number of benzene rings is 2. The Kier molecular flexibility index (Phi) is 6.49. The van der Waals surface area contributed by atoms with Crippen LogP contribution < -0.4 is 4.90 Å². The zero-order valence-electron chi connectivity index (χ0n) is 20.7. The van der Waals surface area contributed by atoms with Crippen molar-refractivity contribution in [2.45, 2.75) is 52.4 Å². The van der Waals surface area contributed by atoms with E-state index in [2.05, 4.69) is 16.0 Å². The summed E-state index contributed by atoms with van der Waals surface area (Å²) in [7, 11) is 0. The number of halogens is 1. The quantitative estimate of drug-likeness (QED) is 0.310. The molecule has 3 heterocycles. The summed E-state index contributed by atoms with van der Waals surface area (Å²) in [6.07, 6.45) is 3.56. The molecule has 0 spiro atoms. The van der Waals surface area contributed by atoms with Crippen molar-refractivity contribution in [1.82, 2.24) is 9.97 Å². The molecule has 0 bridgehead atoms. The molecule has 0 unspecified atom stereocenters. The molecular weight excluding hydrogens is 494 g/mol. The van der Waals surface area contributed by atoms with E-state index in [0.717, 1.165) is 51.5 Å². The van der Waals surface area contributed by atoms with Gasteiger partial charge in [0.25, 0.3) is 0 Å². The Bertz CT molecular complexity index is 1440. The van der Waals surface area contributed by atoms with Gasteiger partial charge >= 0.3 is 5.97 Å². The van der Waals surface area contributed by atoms with Gasteiger partial charge in [-0.1, -0.05) is 35.1 Å². The molecule has 5 rings (SSSR count). The van der Waals surface area contributed by atoms with E-state index in [4.69, 9.17) is 21.3 Å². The van der Waals surface area contributed by atoms with Crippen LogP contribution in [-0.4, -0.2) is 33.2 Å². The maximum atomic E-state index is 12.5. The second-order valence-corrected chi connectivity index (χ2v) is 11.5. The first kappa shape index (κ1) is 24.7. The Morgan fingerprint density at radius 3 is 2.64 bits per heavy atom. The number of nitrogens with zero attached hydrogens (tertiary/aromatic N) is 3. The molecule has 2 aromatic carbocycles. The third-order valence-corrected chi connectivity index (χ3v) is 7.70. The number of hydrogen-bond acceptors (Lipinski definition) is 6. The molecule has 0 saturated carbocycles. The zero-order valence-corrected chi connectivity index (χ0v) is 22.3. The zero-order chi connectivity index (χ0) is 25.6. The Morgan fingerprint density at radius 1 is 1.19 bits per heavy atom. The van der Waals surface area contributed by atoms with Crippen LogP contribution in [0, 0.1) is 6.92 Å². The van der Waals surface area contributed by atoms with E-state index in [9.17, 15) is 9.90 Å². The Labute approximate surface area is 219 Å². The van der Waals surface area contributed by atoms with Crippen LogP contribution in [0.1, 0.15) is 49.1 Å². The molecule has 0 radical (unpaired) electrons. The van der Waals surface area contributed by atoms with Crippen molar-refractivity contribution in [2.24, 2.45) is 0 Å². The van der Waals surface area contributed by atoms with Crippen LogP contribution >= 0.6 is 22.9 Å². The Morgan fingerprint density at radius 2 is 1.94 bits per heavy atom. The number of ether oxygens (including phenoxy) is 1. The average molecular weight is 522 g/mol. The molecule has 0 amide bonds. The second-order valence-electron chi connectivity index (χ2n) is 10.1. The number of hydrogen-bond donors (Lipinski definition) is 1. The third kappa shape index (κ3) is 4.83. The Hall–Kier alpha value is -3.00. The van der Waals surface area contributed by atoms with Gasteiger partial charge in [0.05, 0.1) is 15.8 Å². The molecule has 1 aliphatic heterocycles. The summed E-state index contributed by atoms with van der Waals surface area (Å²) in [6.45, 7) is 9.16. The highest BCUT2D eigenvalue weighted by molar-refractivity contribution is 7.22. The number of fused-ring (bicyclic) bond motifs is 2. The number of anilines is 1. The number of carboxylic acids is 1. The largest absolute Gasteiger partial charge is 0.479 e. The number of carboxylic acid groups (broad SMARTS) is 1. The highest BCUT2D eigenvalue weighted by Crippen LogP contribution is 2.44. The van der Waals surface area contributed by atoms with E-state index in [-0.39, 0.29) is 0 Å². The van der Waals surface area contributed by atoms with Crippen LogP contribution in [0.25, 0.3) is 21.3 Å². The minimum Gasteiger partial charge on any atom is -0.479 e. The van der Waals surface area contributed by atoms with Crippen LogP contribution in [0.15, 0.2) is 48.8 Å². The summed E-state index contributed by atoms with van der Waals surface area (Å²) in [5.41, 5.74) is 5.95. The van der Waals surface area contributed by atoms with Gasteiger partial charge in [0.2, 0.25) is 0 Å². The molecule has 0 saturated heterocycles. The van der Waals surface area contributed by atoms with Crippen molar-refractivity contribution in [3.05, 3.63) is 76.1 Å². The van der Waals surface area contributed by atoms with Gasteiger partial charge in [0.1, 0.15) is 0 Å². The molecule has 2 aromatic heterocycles. The van der Waals surface area contributed by atoms with Gasteiger partial charge in [-0.25, -0.2) is 9.78 Å². The smallest absolute Gasteiger partial charge is 0.337 e. The summed E-state index contributed by atoms with van der Waals surface area (Å²) in [4.78, 5) is 24.1. The van der Waals surface area contributed by atoms with Gasteiger partial charge in [0.15, 0.2) is 11.2 Å². The fraction of sp³-hybridized carbons (Fsp3) is 0.321. The number of aryl methyl sites for hydroxylation is 1. The van der Waals surface area contributed by atoms with Crippen molar-refractivity contribution in [1.29, 1.82) is 0 Å². The van der Waals surface area contributed by atoms with Crippen LogP contribution in [0.3, 0.4) is 0 Å². The van der Waals surface area contributed by atoms with Crippen molar-refractivity contribution >= 4 is 44.3 Å². The maximum absolute atomic E-state index is 12.5. The SMILES string of the molecule is Cc1cc2nc(N3CCc4cnccc4C3)sc2c(-c2ccc(Cl)cc2)c1[C@H](OC(C)(C)C)C(=O)O. The molecule has 1 atom stereocenters. The summed E-state index contributed by atoms with van der Waals surface area (Å²) >= 11 is 7.79. The van der Waals surface area contributed by atoms with Crippen LogP contribution in [0.4, 0.5) is 5.13 Å². The van der Waals surface area contributed by atoms with Gasteiger partial charge in [-0.3, -0.25) is 4.98 Å². The van der Waals surface area contributed by atoms with Crippen LogP contribution in [0.2, 0.25) is 5.02 Å². The molecule has 4 aromatic rings. The van der Waals surface area contributed by atoms with E-state index < -0.39 is 17.7 Å². The van der Waals surface area contributed by atoms with Gasteiger partial charge in [0, 0.05) is 41.6 Å². The van der Waals surface area contributed by atoms with Crippen molar-refractivity contribution in [3.63, 3.8) is 0 Å². The molecule has 0 aliphatic carbocycles. The van der Waals surface area contributed by atoms with Crippen molar-refractivity contribution in [3.8, 4) is 11.1 Å². The maximum Gasteiger partial charge on any atom is 0.337 e. The molecule has 6 nitrogen and oxygen atoms in total. The lowest BCUT2D eigenvalue weighted by atomic mass is 9.91. The van der Waals surface area contributed by atoms with E-state index in [1.165, 1.54) is 11.1 Å². The topological polar surface area (TPSA) is 75.5 Å². The number of thiazole rings is 1. The van der Waals surface area contributed by atoms with E-state index >= 15 is 0 Å². The molecule has 8 heteroatoms. The second kappa shape index (κ2) is 9.47. The van der Waals surface area contributed by atoms with Gasteiger partial charge in [-0.05, 0) is 80.6 Å². The highest BCUT2D eigenvalue weighted by Gasteiger charge is 2.32. The predicted molar refractivity (Wildman–Crippen MR) is 145 cm³/mol. The lowest BCUT2D eigenvalue weighted by molar-refractivity contribution is -0.160. The number of aliphatic carboxylic acids is 1. The molecular formula is C28H28ClN3O3S. The third-order valence-electron chi connectivity index (χ3n) is 6.29. The first-order valence-corrected chi connectivity index (χ1v) is 13.1. The minimum absolute atomic E-state index is 0.622. The first-order valence-electron chi connectivity index (χ1n) is 11.9. The van der Waals surface area contributed by atoms with Crippen molar-refractivity contribution < 1.29 is 14.6 Å². The summed E-state index contributed by atoms with van der Waals surface area (Å²) < 4.78 is 7.05. The van der Waals surface area contributed by atoms with Crippen LogP contribution in [-0.2, 0) is 22.5 Å². The fourth-order valence-electron chi connectivity index (χ4n) is 4.70. The standard InChI is InChI=1S/C28H28ClN3O3S/c1-16-13-21-25(36-27(31-21)32-12-10-18-14-30-11-9-19(18)15-32)23(17-5-7-20(29)8-6-17)22(16)24(26(33)34)35-28(2,3)4/h5-9,11,13-14,24H,10,12,15H2,1-4H3,(H,33,34)/t24-/m0/s1. The molecule has 1 N–H and O–H groups in total. The lowest BCUT2D eigenvalue weighted by Crippen LogP contribution is -2.30. The minimum atomic E-state index is -1.13. The van der Waals surface area contributed by atoms with Gasteiger partial charge in [-0.2, -0.15) is 0 Å². The van der Waals surface area contributed by atoms with E-state index in [1.54, 1.807) is 11.3 Å². The molecule has 1 aliphatic rings. The lowest BCUT2D eigenvalue weighted by Gasteiger charge is -2.28. The number of carbonyl (C=O) groups is 1. The summed E-state index contributed by atoms with van der Waals surface area (Å²) in [6, 6.07) is 11.6. The number of aromatic nitrogens is 2. The molecule has 186 valence electrons. The van der Waals surface area contributed by atoms with Gasteiger partial charge in [-0.15, -0.1) is 0 Å². The number of rotatable bonds is 5. The monoisotopic (exact) mass is 521 g/mol. The summed E-state index contributed by atoms with van der Waals surface area (Å²) in [5, 5.41) is 11.8. The number of pyridine rings is 1. The first-order chi connectivity index (χ1) is 17.1. The fourth-order valence-corrected chi connectivity index (χ4v) is 5.98. The summed E-state index contributed by atoms with van der Waals surface area (Å²) in [5.74, 6) is -1.02. The molecule has 0 fully saturated rings. The normalized spacial score (nSPS) is 14.6. The van der Waals surface area contributed by atoms with Crippen LogP contribution in [0.5, 0.6) is 0 Å². The van der Waals surface area contributed by atoms with E-state index in [0.29, 0.717) is 10.6 Å². The van der Waals surface area contributed by atoms with E-state index in [1.807, 2.05) is 70.4 Å². The predicted octanol–water partition coefficient (Wildman–Crippen LogP) is 6.82. The molecule has 36 heavy (non-hydrogen) atoms.